The summed E-state index contributed by atoms with van der Waals surface area (Å²) < 4.78 is 10.4. The van der Waals surface area contributed by atoms with E-state index in [9.17, 15) is 4.79 Å². The molecule has 9 nitrogen and oxygen atoms in total. The number of hydrogen-bond donors (Lipinski definition) is 2. The number of furan rings is 1. The van der Waals surface area contributed by atoms with Crippen molar-refractivity contribution in [3.05, 3.63) is 66.2 Å². The molecule has 0 aliphatic heterocycles. The molecule has 0 aliphatic rings. The molecule has 4 aromatic rings. The monoisotopic (exact) mass is 432 g/mol. The molecule has 0 radical (unpaired) electrons. The maximum atomic E-state index is 12.5. The number of aryl methyl sites for hydroxylation is 1. The summed E-state index contributed by atoms with van der Waals surface area (Å²) in [7, 11) is 0. The molecule has 0 atom stereocenters. The molecule has 1 aromatic carbocycles. The van der Waals surface area contributed by atoms with Crippen LogP contribution in [0.25, 0.3) is 11.5 Å². The van der Waals surface area contributed by atoms with Crippen molar-refractivity contribution in [3.63, 3.8) is 0 Å². The van der Waals surface area contributed by atoms with E-state index in [0.717, 1.165) is 30.3 Å². The van der Waals surface area contributed by atoms with Crippen LogP contribution in [-0.4, -0.2) is 34.1 Å². The Bertz CT molecular complexity index is 1180. The van der Waals surface area contributed by atoms with E-state index < -0.39 is 0 Å². The van der Waals surface area contributed by atoms with Crippen molar-refractivity contribution in [2.75, 3.05) is 28.6 Å². The van der Waals surface area contributed by atoms with Gasteiger partial charge in [0.1, 0.15) is 5.82 Å². The highest BCUT2D eigenvalue weighted by molar-refractivity contribution is 6.03. The summed E-state index contributed by atoms with van der Waals surface area (Å²) in [6.07, 6.45) is 1.53. The minimum absolute atomic E-state index is 0.163. The summed E-state index contributed by atoms with van der Waals surface area (Å²) in [5.74, 6) is 1.93. The molecule has 0 bridgehead atoms. The van der Waals surface area contributed by atoms with Gasteiger partial charge in [-0.25, -0.2) is 4.98 Å². The van der Waals surface area contributed by atoms with Crippen LogP contribution in [0, 0.1) is 6.92 Å². The van der Waals surface area contributed by atoms with Gasteiger partial charge in [-0.1, -0.05) is 5.16 Å². The van der Waals surface area contributed by atoms with Crippen molar-refractivity contribution < 1.29 is 13.7 Å². The summed E-state index contributed by atoms with van der Waals surface area (Å²) in [6.45, 7) is 7.88. The highest BCUT2D eigenvalue weighted by Gasteiger charge is 2.15. The van der Waals surface area contributed by atoms with E-state index in [1.165, 1.54) is 12.3 Å². The van der Waals surface area contributed by atoms with E-state index >= 15 is 0 Å². The molecule has 3 heterocycles. The van der Waals surface area contributed by atoms with Crippen LogP contribution in [0.3, 0.4) is 0 Å². The van der Waals surface area contributed by atoms with Crippen LogP contribution in [0.5, 0.6) is 0 Å². The van der Waals surface area contributed by atoms with Crippen molar-refractivity contribution in [1.82, 2.24) is 15.1 Å². The molecular weight excluding hydrogens is 408 g/mol. The van der Waals surface area contributed by atoms with Crippen LogP contribution in [0.4, 0.5) is 23.1 Å². The largest absolute Gasteiger partial charge is 0.461 e. The quantitative estimate of drug-likeness (QED) is 0.406. The van der Waals surface area contributed by atoms with E-state index in [0.29, 0.717) is 23.2 Å². The van der Waals surface area contributed by atoms with Gasteiger partial charge in [0, 0.05) is 42.3 Å². The normalized spacial score (nSPS) is 10.7. The molecule has 0 fully saturated rings. The number of anilines is 4. The predicted octanol–water partition coefficient (Wildman–Crippen LogP) is 4.88. The Morgan fingerprint density at radius 1 is 1.00 bits per heavy atom. The van der Waals surface area contributed by atoms with Gasteiger partial charge in [0.2, 0.25) is 11.7 Å². The second-order valence-corrected chi connectivity index (χ2v) is 7.07. The third-order valence-corrected chi connectivity index (χ3v) is 4.83. The zero-order chi connectivity index (χ0) is 22.5. The van der Waals surface area contributed by atoms with E-state index in [1.54, 1.807) is 24.3 Å². The van der Waals surface area contributed by atoms with Crippen LogP contribution >= 0.6 is 0 Å². The topological polar surface area (TPSA) is 109 Å². The molecule has 1 amide bonds. The molecule has 0 saturated carbocycles. The molecule has 4 rings (SSSR count). The Balaban J connectivity index is 1.42. The molecule has 32 heavy (non-hydrogen) atoms. The number of carbonyl (C=O) groups is 1. The Labute approximate surface area is 185 Å². The second kappa shape index (κ2) is 9.34. The lowest BCUT2D eigenvalue weighted by Crippen LogP contribution is -2.23. The molecular formula is C23H24N6O3. The highest BCUT2D eigenvalue weighted by atomic mass is 16.5. The van der Waals surface area contributed by atoms with Gasteiger partial charge in [0.05, 0.1) is 6.26 Å². The fourth-order valence-corrected chi connectivity index (χ4v) is 3.20. The number of nitrogens with zero attached hydrogens (tertiary/aromatic N) is 4. The first-order valence-electron chi connectivity index (χ1n) is 10.4. The van der Waals surface area contributed by atoms with Gasteiger partial charge in [0.15, 0.2) is 11.5 Å². The molecule has 0 aliphatic carbocycles. The Morgan fingerprint density at radius 3 is 2.44 bits per heavy atom. The first-order chi connectivity index (χ1) is 15.6. The van der Waals surface area contributed by atoms with Crippen LogP contribution in [0.1, 0.15) is 30.0 Å². The Kier molecular flexibility index (Phi) is 6.16. The lowest BCUT2D eigenvalue weighted by molar-refractivity contribution is 0.101. The Morgan fingerprint density at radius 2 is 1.75 bits per heavy atom. The number of hydrogen-bond acceptors (Lipinski definition) is 8. The molecule has 0 saturated heterocycles. The first kappa shape index (κ1) is 21.1. The third-order valence-electron chi connectivity index (χ3n) is 4.83. The molecule has 2 N–H and O–H groups in total. The first-order valence-corrected chi connectivity index (χ1v) is 10.4. The SMILES string of the molecule is CCN(CC)c1cc(C)nc(Nc2ccc(NC(=O)c3cc(-c4ccco4)on3)cc2)n1. The number of rotatable bonds is 8. The van der Waals surface area contributed by atoms with E-state index in [2.05, 4.69) is 44.5 Å². The summed E-state index contributed by atoms with van der Waals surface area (Å²) in [5.41, 5.74) is 2.48. The van der Waals surface area contributed by atoms with Gasteiger partial charge in [-0.2, -0.15) is 4.98 Å². The Hall–Kier alpha value is -4.14. The zero-order valence-electron chi connectivity index (χ0n) is 18.1. The fourth-order valence-electron chi connectivity index (χ4n) is 3.20. The van der Waals surface area contributed by atoms with Gasteiger partial charge in [-0.15, -0.1) is 0 Å². The molecule has 3 aromatic heterocycles. The smallest absolute Gasteiger partial charge is 0.277 e. The van der Waals surface area contributed by atoms with Gasteiger partial charge < -0.3 is 24.5 Å². The van der Waals surface area contributed by atoms with E-state index in [4.69, 9.17) is 8.94 Å². The highest BCUT2D eigenvalue weighted by Crippen LogP contribution is 2.22. The van der Waals surface area contributed by atoms with Crippen LogP contribution in [0.2, 0.25) is 0 Å². The van der Waals surface area contributed by atoms with Gasteiger partial charge in [-0.3, -0.25) is 4.79 Å². The van der Waals surface area contributed by atoms with Crippen molar-refractivity contribution in [3.8, 4) is 11.5 Å². The van der Waals surface area contributed by atoms with Crippen molar-refractivity contribution in [1.29, 1.82) is 0 Å². The standard InChI is InChI=1S/C23H24N6O3/c1-4-29(5-2)21-13-15(3)24-23(27-21)26-17-10-8-16(9-11-17)25-22(30)18-14-20(32-28-18)19-7-6-12-31-19/h6-14H,4-5H2,1-3H3,(H,25,30)(H,24,26,27). The van der Waals surface area contributed by atoms with Gasteiger partial charge >= 0.3 is 0 Å². The maximum absolute atomic E-state index is 12.5. The van der Waals surface area contributed by atoms with Crippen molar-refractivity contribution in [2.45, 2.75) is 20.8 Å². The summed E-state index contributed by atoms with van der Waals surface area (Å²) >= 11 is 0. The minimum Gasteiger partial charge on any atom is -0.461 e. The fraction of sp³-hybridized carbons (Fsp3) is 0.217. The predicted molar refractivity (Wildman–Crippen MR) is 122 cm³/mol. The summed E-state index contributed by atoms with van der Waals surface area (Å²) in [4.78, 5) is 23.7. The van der Waals surface area contributed by atoms with E-state index in [-0.39, 0.29) is 11.6 Å². The average molecular weight is 432 g/mol. The number of carbonyl (C=O) groups excluding carboxylic acids is 1. The summed E-state index contributed by atoms with van der Waals surface area (Å²) in [6, 6.07) is 14.2. The van der Waals surface area contributed by atoms with Gasteiger partial charge in [0.25, 0.3) is 5.91 Å². The molecule has 0 spiro atoms. The molecule has 164 valence electrons. The lowest BCUT2D eigenvalue weighted by atomic mass is 10.2. The van der Waals surface area contributed by atoms with Crippen molar-refractivity contribution >= 4 is 29.0 Å². The number of nitrogens with one attached hydrogen (secondary N) is 2. The number of amides is 1. The third kappa shape index (κ3) is 4.77. The van der Waals surface area contributed by atoms with Gasteiger partial charge in [-0.05, 0) is 57.2 Å². The second-order valence-electron chi connectivity index (χ2n) is 7.07. The molecule has 0 unspecified atom stereocenters. The maximum Gasteiger partial charge on any atom is 0.277 e. The van der Waals surface area contributed by atoms with Crippen LogP contribution in [-0.2, 0) is 0 Å². The zero-order valence-corrected chi connectivity index (χ0v) is 18.1. The summed E-state index contributed by atoms with van der Waals surface area (Å²) in [5, 5.41) is 9.82. The number of aromatic nitrogens is 3. The average Bonchev–Trinajstić information content (AvgIpc) is 3.48. The molecule has 9 heteroatoms. The minimum atomic E-state index is -0.377. The lowest BCUT2D eigenvalue weighted by Gasteiger charge is -2.20. The van der Waals surface area contributed by atoms with Crippen LogP contribution < -0.4 is 15.5 Å². The van der Waals surface area contributed by atoms with Crippen LogP contribution in [0.15, 0.2) is 63.7 Å². The van der Waals surface area contributed by atoms with E-state index in [1.807, 2.05) is 25.1 Å². The number of benzene rings is 1. The van der Waals surface area contributed by atoms with Crippen molar-refractivity contribution in [2.24, 2.45) is 0 Å².